The molecule has 0 radical (unpaired) electrons. The van der Waals surface area contributed by atoms with Crippen LogP contribution in [0.4, 0.5) is 4.39 Å². The molecule has 1 atom stereocenters. The summed E-state index contributed by atoms with van der Waals surface area (Å²) in [6.45, 7) is 2.24. The first kappa shape index (κ1) is 17.4. The molecule has 1 aliphatic heterocycles. The van der Waals surface area contributed by atoms with Crippen LogP contribution in [0.1, 0.15) is 33.2 Å². The Bertz CT molecular complexity index is 1110. The number of nitrogens with zero attached hydrogens (tertiary/aromatic N) is 1. The molecule has 2 heterocycles. The van der Waals surface area contributed by atoms with Gasteiger partial charge in [0, 0.05) is 29.3 Å². The van der Waals surface area contributed by atoms with Crippen LogP contribution in [0.5, 0.6) is 0 Å². The van der Waals surface area contributed by atoms with E-state index in [2.05, 4.69) is 4.98 Å². The normalized spacial score (nSPS) is 16.2. The summed E-state index contributed by atoms with van der Waals surface area (Å²) in [7, 11) is 1.67. The Hall–Kier alpha value is -2.99. The largest absolute Gasteiger partial charge is 0.373 e. The highest BCUT2D eigenvalue weighted by Gasteiger charge is 2.31. The highest BCUT2D eigenvalue weighted by Crippen LogP contribution is 2.33. The van der Waals surface area contributed by atoms with Crippen LogP contribution in [0.25, 0.3) is 10.8 Å². The van der Waals surface area contributed by atoms with Crippen molar-refractivity contribution in [1.29, 1.82) is 0 Å². The summed E-state index contributed by atoms with van der Waals surface area (Å²) in [6, 6.07) is 11.4. The third-order valence-electron chi connectivity index (χ3n) is 5.11. The van der Waals surface area contributed by atoms with Crippen molar-refractivity contribution in [2.24, 2.45) is 0 Å². The molecule has 1 N–H and O–H groups in total. The van der Waals surface area contributed by atoms with Crippen LogP contribution in [0.15, 0.2) is 47.3 Å². The lowest BCUT2D eigenvalue weighted by atomic mass is 9.95. The lowest BCUT2D eigenvalue weighted by Crippen LogP contribution is -2.37. The standard InChI is InChI=1S/C21H19FN2O3/c1-12-7-8-13(9-16(12)22)21(26)24(2)18-11-27-10-17-19(18)14-5-3-4-6-15(14)20(25)23-17/h3-9,18H,10-11H2,1-2H3,(H,23,25). The number of likely N-dealkylation sites (N-methyl/N-ethyl adjacent to an activating group) is 1. The molecule has 1 aromatic heterocycles. The molecule has 3 aromatic rings. The van der Waals surface area contributed by atoms with Gasteiger partial charge in [-0.05, 0) is 36.1 Å². The molecule has 0 saturated heterocycles. The number of carbonyl (C=O) groups is 1. The van der Waals surface area contributed by atoms with Gasteiger partial charge in [-0.2, -0.15) is 0 Å². The van der Waals surface area contributed by atoms with Crippen molar-refractivity contribution in [3.63, 3.8) is 0 Å². The second-order valence-electron chi connectivity index (χ2n) is 6.80. The molecule has 0 spiro atoms. The average molecular weight is 366 g/mol. The van der Waals surface area contributed by atoms with E-state index in [4.69, 9.17) is 4.74 Å². The number of hydrogen-bond acceptors (Lipinski definition) is 3. The van der Waals surface area contributed by atoms with E-state index >= 15 is 0 Å². The third kappa shape index (κ3) is 2.92. The van der Waals surface area contributed by atoms with E-state index in [-0.39, 0.29) is 29.7 Å². The topological polar surface area (TPSA) is 62.4 Å². The highest BCUT2D eigenvalue weighted by atomic mass is 19.1. The minimum absolute atomic E-state index is 0.178. The quantitative estimate of drug-likeness (QED) is 0.757. The van der Waals surface area contributed by atoms with Crippen LogP contribution in [-0.4, -0.2) is 29.4 Å². The van der Waals surface area contributed by atoms with E-state index in [0.717, 1.165) is 10.9 Å². The average Bonchev–Trinajstić information content (AvgIpc) is 2.68. The monoisotopic (exact) mass is 366 g/mol. The van der Waals surface area contributed by atoms with E-state index in [1.165, 1.54) is 6.07 Å². The number of H-pyrrole nitrogens is 1. The lowest BCUT2D eigenvalue weighted by molar-refractivity contribution is 0.0335. The molecule has 0 bridgehead atoms. The van der Waals surface area contributed by atoms with E-state index < -0.39 is 5.82 Å². The van der Waals surface area contributed by atoms with E-state index in [1.807, 2.05) is 18.2 Å². The van der Waals surface area contributed by atoms with E-state index in [0.29, 0.717) is 23.3 Å². The fourth-order valence-corrected chi connectivity index (χ4v) is 3.58. The first-order valence-corrected chi connectivity index (χ1v) is 8.72. The van der Waals surface area contributed by atoms with Gasteiger partial charge in [0.2, 0.25) is 0 Å². The smallest absolute Gasteiger partial charge is 0.256 e. The maximum atomic E-state index is 13.9. The molecule has 4 rings (SSSR count). The number of fused-ring (bicyclic) bond motifs is 3. The molecular formula is C21H19FN2O3. The number of halogens is 1. The molecule has 5 nitrogen and oxygen atoms in total. The van der Waals surface area contributed by atoms with Crippen molar-refractivity contribution in [2.75, 3.05) is 13.7 Å². The molecule has 6 heteroatoms. The second-order valence-corrected chi connectivity index (χ2v) is 6.80. The highest BCUT2D eigenvalue weighted by molar-refractivity contribution is 5.95. The zero-order valence-electron chi connectivity index (χ0n) is 15.1. The predicted molar refractivity (Wildman–Crippen MR) is 100 cm³/mol. The Morgan fingerprint density at radius 2 is 1.96 bits per heavy atom. The second kappa shape index (κ2) is 6.63. The van der Waals surface area contributed by atoms with Crippen molar-refractivity contribution in [2.45, 2.75) is 19.6 Å². The minimum atomic E-state index is -0.413. The van der Waals surface area contributed by atoms with Crippen molar-refractivity contribution < 1.29 is 13.9 Å². The Labute approximate surface area is 155 Å². The fraction of sp³-hybridized carbons (Fsp3) is 0.238. The van der Waals surface area contributed by atoms with Crippen LogP contribution < -0.4 is 5.56 Å². The van der Waals surface area contributed by atoms with Gasteiger partial charge < -0.3 is 14.6 Å². The van der Waals surface area contributed by atoms with Gasteiger partial charge in [-0.25, -0.2) is 4.39 Å². The van der Waals surface area contributed by atoms with Crippen molar-refractivity contribution in [1.82, 2.24) is 9.88 Å². The maximum Gasteiger partial charge on any atom is 0.256 e. The zero-order chi connectivity index (χ0) is 19.1. The molecule has 2 aromatic carbocycles. The van der Waals surface area contributed by atoms with E-state index in [9.17, 15) is 14.0 Å². The number of amides is 1. The molecule has 0 fully saturated rings. The maximum absolute atomic E-state index is 13.9. The minimum Gasteiger partial charge on any atom is -0.373 e. The summed E-state index contributed by atoms with van der Waals surface area (Å²) in [5.74, 6) is -0.713. The number of carbonyl (C=O) groups excluding carboxylic acids is 1. The molecule has 0 saturated carbocycles. The third-order valence-corrected chi connectivity index (χ3v) is 5.11. The fourth-order valence-electron chi connectivity index (χ4n) is 3.58. The number of aryl methyl sites for hydroxylation is 1. The van der Waals surface area contributed by atoms with Gasteiger partial charge in [0.15, 0.2) is 0 Å². The van der Waals surface area contributed by atoms with Crippen LogP contribution in [0, 0.1) is 12.7 Å². The van der Waals surface area contributed by atoms with Crippen molar-refractivity contribution in [3.8, 4) is 0 Å². The van der Waals surface area contributed by atoms with Crippen LogP contribution in [0.2, 0.25) is 0 Å². The Morgan fingerprint density at radius 1 is 1.22 bits per heavy atom. The van der Waals surface area contributed by atoms with Gasteiger partial charge in [-0.1, -0.05) is 24.3 Å². The van der Waals surface area contributed by atoms with Crippen molar-refractivity contribution >= 4 is 16.7 Å². The number of aromatic amines is 1. The first-order valence-electron chi connectivity index (χ1n) is 8.72. The Balaban J connectivity index is 1.80. The molecule has 27 heavy (non-hydrogen) atoms. The number of hydrogen-bond donors (Lipinski definition) is 1. The molecule has 0 aliphatic carbocycles. The van der Waals surface area contributed by atoms with Gasteiger partial charge in [0.25, 0.3) is 11.5 Å². The predicted octanol–water partition coefficient (Wildman–Crippen LogP) is 3.32. The Morgan fingerprint density at radius 3 is 2.70 bits per heavy atom. The van der Waals surface area contributed by atoms with Gasteiger partial charge in [0.05, 0.1) is 19.3 Å². The van der Waals surface area contributed by atoms with Gasteiger partial charge in [-0.3, -0.25) is 9.59 Å². The van der Waals surface area contributed by atoms with Crippen LogP contribution in [0.3, 0.4) is 0 Å². The summed E-state index contributed by atoms with van der Waals surface area (Å²) in [5, 5.41) is 1.38. The number of nitrogens with one attached hydrogen (secondary N) is 1. The lowest BCUT2D eigenvalue weighted by Gasteiger charge is -2.34. The molecule has 1 unspecified atom stereocenters. The van der Waals surface area contributed by atoms with Gasteiger partial charge in [0.1, 0.15) is 5.82 Å². The number of rotatable bonds is 2. The van der Waals surface area contributed by atoms with E-state index in [1.54, 1.807) is 37.1 Å². The molecule has 1 aliphatic rings. The summed E-state index contributed by atoms with van der Waals surface area (Å²) in [5.41, 5.74) is 2.14. The first-order chi connectivity index (χ1) is 13.0. The molecular weight excluding hydrogens is 347 g/mol. The summed E-state index contributed by atoms with van der Waals surface area (Å²) in [6.07, 6.45) is 0. The number of ether oxygens (including phenoxy) is 1. The molecule has 1 amide bonds. The van der Waals surface area contributed by atoms with Crippen LogP contribution in [-0.2, 0) is 11.3 Å². The Kier molecular flexibility index (Phi) is 4.28. The van der Waals surface area contributed by atoms with Crippen molar-refractivity contribution in [3.05, 3.63) is 81.0 Å². The zero-order valence-corrected chi connectivity index (χ0v) is 15.1. The molecule has 138 valence electrons. The van der Waals surface area contributed by atoms with Crippen LogP contribution >= 0.6 is 0 Å². The summed E-state index contributed by atoms with van der Waals surface area (Å²) >= 11 is 0. The van der Waals surface area contributed by atoms with Gasteiger partial charge >= 0.3 is 0 Å². The number of pyridine rings is 1. The summed E-state index contributed by atoms with van der Waals surface area (Å²) < 4.78 is 19.5. The summed E-state index contributed by atoms with van der Waals surface area (Å²) in [4.78, 5) is 29.7. The SMILES string of the molecule is Cc1ccc(C(=O)N(C)C2COCc3[nH]c(=O)c4ccccc4c32)cc1F. The van der Waals surface area contributed by atoms with Gasteiger partial charge in [-0.15, -0.1) is 0 Å². The number of benzene rings is 2. The number of aromatic nitrogens is 1.